The van der Waals surface area contributed by atoms with Gasteiger partial charge in [-0.15, -0.1) is 0 Å². The van der Waals surface area contributed by atoms with Crippen LogP contribution in [0, 0.1) is 5.82 Å². The lowest BCUT2D eigenvalue weighted by Crippen LogP contribution is -2.39. The minimum Gasteiger partial charge on any atom is -0.488 e. The van der Waals surface area contributed by atoms with Crippen molar-refractivity contribution in [2.24, 2.45) is 0 Å². The van der Waals surface area contributed by atoms with Crippen molar-refractivity contribution in [3.05, 3.63) is 59.9 Å². The van der Waals surface area contributed by atoms with Crippen LogP contribution in [0.15, 0.2) is 48.5 Å². The number of likely N-dealkylation sites (tertiary alicyclic amines) is 1. The summed E-state index contributed by atoms with van der Waals surface area (Å²) in [5.74, 6) is -0.153. The van der Waals surface area contributed by atoms with Gasteiger partial charge in [-0.05, 0) is 55.6 Å². The van der Waals surface area contributed by atoms with Crippen LogP contribution >= 0.6 is 0 Å². The predicted octanol–water partition coefficient (Wildman–Crippen LogP) is 4.23. The van der Waals surface area contributed by atoms with E-state index in [1.54, 1.807) is 25.3 Å². The zero-order valence-corrected chi connectivity index (χ0v) is 17.1. The van der Waals surface area contributed by atoms with E-state index >= 15 is 0 Å². The molecule has 1 aliphatic rings. The van der Waals surface area contributed by atoms with E-state index in [-0.39, 0.29) is 17.5 Å². The Balaban J connectivity index is 1.56. The average molecular weight is 400 g/mol. The van der Waals surface area contributed by atoms with Crippen LogP contribution in [0.5, 0.6) is 5.75 Å². The fourth-order valence-electron chi connectivity index (χ4n) is 3.72. The van der Waals surface area contributed by atoms with E-state index in [0.29, 0.717) is 6.61 Å². The lowest BCUT2D eigenvalue weighted by molar-refractivity contribution is -0.114. The highest BCUT2D eigenvalue weighted by Gasteiger charge is 2.33. The fourth-order valence-corrected chi connectivity index (χ4v) is 3.72. The van der Waals surface area contributed by atoms with Crippen molar-refractivity contribution in [1.29, 1.82) is 0 Å². The van der Waals surface area contributed by atoms with Crippen LogP contribution in [0.2, 0.25) is 0 Å². The van der Waals surface area contributed by atoms with Gasteiger partial charge < -0.3 is 14.8 Å². The molecule has 2 aromatic carbocycles. The number of anilines is 1. The lowest BCUT2D eigenvalue weighted by atomic mass is 9.95. The topological polar surface area (TPSA) is 50.8 Å². The highest BCUT2D eigenvalue weighted by Crippen LogP contribution is 2.28. The first-order valence-electron chi connectivity index (χ1n) is 10.0. The van der Waals surface area contributed by atoms with E-state index in [0.717, 1.165) is 44.6 Å². The summed E-state index contributed by atoms with van der Waals surface area (Å²) in [6, 6.07) is 14.4. The van der Waals surface area contributed by atoms with Crippen molar-refractivity contribution in [2.45, 2.75) is 38.3 Å². The van der Waals surface area contributed by atoms with Crippen molar-refractivity contribution in [2.75, 3.05) is 32.1 Å². The maximum Gasteiger partial charge on any atom is 0.221 e. The summed E-state index contributed by atoms with van der Waals surface area (Å²) in [7, 11) is 1.71. The summed E-state index contributed by atoms with van der Waals surface area (Å²) in [6.45, 7) is 4.53. The van der Waals surface area contributed by atoms with Gasteiger partial charge in [0.2, 0.25) is 5.91 Å². The van der Waals surface area contributed by atoms with E-state index in [4.69, 9.17) is 9.47 Å². The molecule has 0 spiro atoms. The number of hydrogen-bond donors (Lipinski definition) is 1. The molecule has 1 saturated heterocycles. The average Bonchev–Trinajstić information content (AvgIpc) is 2.91. The third-order valence-corrected chi connectivity index (χ3v) is 5.43. The van der Waals surface area contributed by atoms with Crippen molar-refractivity contribution in [3.63, 3.8) is 0 Å². The number of hydrogen-bond acceptors (Lipinski definition) is 4. The number of amides is 1. The molecular formula is C23H29FN2O3. The molecule has 1 aliphatic heterocycles. The van der Waals surface area contributed by atoms with Gasteiger partial charge in [-0.1, -0.05) is 24.3 Å². The summed E-state index contributed by atoms with van der Waals surface area (Å²) < 4.78 is 25.5. The Hall–Kier alpha value is -2.44. The van der Waals surface area contributed by atoms with Gasteiger partial charge in [0.1, 0.15) is 12.2 Å². The van der Waals surface area contributed by atoms with Gasteiger partial charge in [0.25, 0.3) is 0 Å². The van der Waals surface area contributed by atoms with Crippen molar-refractivity contribution < 1.29 is 18.7 Å². The molecule has 1 fully saturated rings. The molecule has 1 heterocycles. The second-order valence-electron chi connectivity index (χ2n) is 7.61. The zero-order valence-electron chi connectivity index (χ0n) is 17.1. The number of carbonyl (C=O) groups excluding carboxylic acids is 1. The van der Waals surface area contributed by atoms with Crippen molar-refractivity contribution in [1.82, 2.24) is 4.90 Å². The Labute approximate surface area is 171 Å². The third kappa shape index (κ3) is 6.02. The number of halogens is 1. The van der Waals surface area contributed by atoms with Crippen LogP contribution < -0.4 is 10.1 Å². The molecule has 6 heteroatoms. The first-order valence-corrected chi connectivity index (χ1v) is 10.0. The fraction of sp³-hybridized carbons (Fsp3) is 0.435. The number of benzene rings is 2. The van der Waals surface area contributed by atoms with Gasteiger partial charge in [-0.25, -0.2) is 4.39 Å². The number of ether oxygens (including phenoxy) is 2. The van der Waals surface area contributed by atoms with Crippen LogP contribution in [0.25, 0.3) is 0 Å². The Kier molecular flexibility index (Phi) is 7.23. The summed E-state index contributed by atoms with van der Waals surface area (Å²) >= 11 is 0. The van der Waals surface area contributed by atoms with Crippen molar-refractivity contribution >= 4 is 11.6 Å². The van der Waals surface area contributed by atoms with Crippen molar-refractivity contribution in [3.8, 4) is 5.75 Å². The van der Waals surface area contributed by atoms with Gasteiger partial charge in [0, 0.05) is 32.8 Å². The molecular weight excluding hydrogens is 371 g/mol. The van der Waals surface area contributed by atoms with Crippen LogP contribution in [-0.2, 0) is 16.1 Å². The van der Waals surface area contributed by atoms with Crippen LogP contribution in [0.1, 0.15) is 31.7 Å². The molecule has 0 bridgehead atoms. The smallest absolute Gasteiger partial charge is 0.221 e. The second-order valence-corrected chi connectivity index (χ2v) is 7.61. The molecule has 1 amide bonds. The molecule has 29 heavy (non-hydrogen) atoms. The number of carbonyl (C=O) groups is 1. The van der Waals surface area contributed by atoms with Crippen LogP contribution in [0.4, 0.5) is 10.1 Å². The maximum absolute atomic E-state index is 13.9. The normalized spacial score (nSPS) is 20.1. The molecule has 2 aromatic rings. The minimum absolute atomic E-state index is 0.0706. The van der Waals surface area contributed by atoms with Gasteiger partial charge in [-0.3, -0.25) is 9.69 Å². The maximum atomic E-state index is 13.9. The molecule has 156 valence electrons. The lowest BCUT2D eigenvalue weighted by Gasteiger charge is -2.31. The Morgan fingerprint density at radius 2 is 1.90 bits per heavy atom. The summed E-state index contributed by atoms with van der Waals surface area (Å²) in [5, 5.41) is 2.79. The number of rotatable bonds is 7. The van der Waals surface area contributed by atoms with Gasteiger partial charge in [-0.2, -0.15) is 0 Å². The Bertz CT molecular complexity index is 812. The minimum atomic E-state index is -0.410. The number of nitrogens with zero attached hydrogens (tertiary/aromatic N) is 1. The Morgan fingerprint density at radius 1 is 1.14 bits per heavy atom. The van der Waals surface area contributed by atoms with E-state index < -0.39 is 5.60 Å². The van der Waals surface area contributed by atoms with E-state index in [2.05, 4.69) is 10.2 Å². The molecule has 1 unspecified atom stereocenters. The van der Waals surface area contributed by atoms with E-state index in [9.17, 15) is 9.18 Å². The number of nitrogens with one attached hydrogen (secondary N) is 1. The highest BCUT2D eigenvalue weighted by molar-refractivity contribution is 5.88. The highest BCUT2D eigenvalue weighted by atomic mass is 19.1. The first-order chi connectivity index (χ1) is 14.0. The molecule has 0 aromatic heterocycles. The quantitative estimate of drug-likeness (QED) is 0.756. The summed E-state index contributed by atoms with van der Waals surface area (Å²) in [6.07, 6.45) is 2.68. The molecule has 1 N–H and O–H groups in total. The molecule has 5 nitrogen and oxygen atoms in total. The number of methoxy groups -OCH3 is 1. The van der Waals surface area contributed by atoms with Gasteiger partial charge in [0.05, 0.1) is 0 Å². The van der Waals surface area contributed by atoms with E-state index in [1.807, 2.05) is 24.3 Å². The standard InChI is InChI=1S/C23H29FN2O3/c1-18(27)25-20-10-8-19(9-11-20)16-26-14-5-12-23(28-2,13-15-26)17-29-22-7-4-3-6-21(22)24/h3-4,6-11H,5,12-17H2,1-2H3,(H,25,27). The molecule has 3 rings (SSSR count). The summed E-state index contributed by atoms with van der Waals surface area (Å²) in [4.78, 5) is 13.5. The summed E-state index contributed by atoms with van der Waals surface area (Å²) in [5.41, 5.74) is 1.60. The number of para-hydroxylation sites is 1. The molecule has 0 saturated carbocycles. The Morgan fingerprint density at radius 3 is 2.59 bits per heavy atom. The SMILES string of the molecule is COC1(COc2ccccc2F)CCCN(Cc2ccc(NC(C)=O)cc2)CC1. The monoisotopic (exact) mass is 400 g/mol. The molecule has 0 radical (unpaired) electrons. The second kappa shape index (κ2) is 9.85. The van der Waals surface area contributed by atoms with Crippen LogP contribution in [-0.4, -0.2) is 43.2 Å². The largest absolute Gasteiger partial charge is 0.488 e. The molecule has 0 aliphatic carbocycles. The zero-order chi connectivity index (χ0) is 20.7. The van der Waals surface area contributed by atoms with Gasteiger partial charge in [0.15, 0.2) is 11.6 Å². The van der Waals surface area contributed by atoms with Gasteiger partial charge >= 0.3 is 0 Å². The van der Waals surface area contributed by atoms with E-state index in [1.165, 1.54) is 18.6 Å². The van der Waals surface area contributed by atoms with Crippen LogP contribution in [0.3, 0.4) is 0 Å². The molecule has 1 atom stereocenters. The predicted molar refractivity (Wildman–Crippen MR) is 112 cm³/mol. The first kappa shape index (κ1) is 21.3. The third-order valence-electron chi connectivity index (χ3n) is 5.43.